The highest BCUT2D eigenvalue weighted by atomic mass is 16.2. The second-order valence-electron chi connectivity index (χ2n) is 7.70. The van der Waals surface area contributed by atoms with Gasteiger partial charge in [0.15, 0.2) is 0 Å². The summed E-state index contributed by atoms with van der Waals surface area (Å²) in [5.74, 6) is 0. The number of H-pyrrole nitrogens is 1. The predicted octanol–water partition coefficient (Wildman–Crippen LogP) is 4.51. The lowest BCUT2D eigenvalue weighted by Crippen LogP contribution is -2.40. The molecule has 1 aromatic heterocycles. The van der Waals surface area contributed by atoms with Crippen LogP contribution in [0, 0.1) is 0 Å². The standard InChI is InChI=1S/C25H22N4O2/c30-24-21-10-9-20(14-19(21)12-13-26-24)28-29-25(31)27-23-11-8-17-6-7-18(15-22(17)23)16-4-2-1-3-5-16/h1-7,9-10,12-15,23,28H,8,11H2,(H,26,30)(H2,27,29,31). The molecule has 3 aromatic carbocycles. The number of carbonyl (C=O) groups excluding carboxylic acids is 1. The minimum atomic E-state index is -0.297. The molecule has 4 aromatic rings. The van der Waals surface area contributed by atoms with Crippen LogP contribution in [0.25, 0.3) is 21.9 Å². The quantitative estimate of drug-likeness (QED) is 0.374. The highest BCUT2D eigenvalue weighted by Gasteiger charge is 2.24. The molecule has 1 unspecified atom stereocenters. The average Bonchev–Trinajstić information content (AvgIpc) is 3.20. The van der Waals surface area contributed by atoms with Gasteiger partial charge < -0.3 is 10.3 Å². The first-order valence-corrected chi connectivity index (χ1v) is 10.3. The van der Waals surface area contributed by atoms with Gasteiger partial charge >= 0.3 is 6.03 Å². The van der Waals surface area contributed by atoms with Crippen molar-refractivity contribution in [1.29, 1.82) is 0 Å². The summed E-state index contributed by atoms with van der Waals surface area (Å²) in [6, 6.07) is 23.5. The summed E-state index contributed by atoms with van der Waals surface area (Å²) in [6.45, 7) is 0. The number of benzene rings is 3. The van der Waals surface area contributed by atoms with E-state index in [1.54, 1.807) is 18.3 Å². The fourth-order valence-corrected chi connectivity index (χ4v) is 4.16. The van der Waals surface area contributed by atoms with Crippen LogP contribution < -0.4 is 21.7 Å². The summed E-state index contributed by atoms with van der Waals surface area (Å²) in [5, 5.41) is 4.47. The van der Waals surface area contributed by atoms with Crippen LogP contribution >= 0.6 is 0 Å². The maximum absolute atomic E-state index is 12.5. The van der Waals surface area contributed by atoms with Crippen molar-refractivity contribution in [3.8, 4) is 11.1 Å². The number of amides is 2. The molecule has 4 N–H and O–H groups in total. The summed E-state index contributed by atoms with van der Waals surface area (Å²) < 4.78 is 0. The fourth-order valence-electron chi connectivity index (χ4n) is 4.16. The SMILES string of the molecule is O=C(NNc1ccc2c(=O)[nH]ccc2c1)NC1CCc2ccc(-c3ccccc3)cc21. The second kappa shape index (κ2) is 7.99. The normalized spacial score (nSPS) is 14.8. The number of pyridine rings is 1. The zero-order valence-electron chi connectivity index (χ0n) is 16.8. The summed E-state index contributed by atoms with van der Waals surface area (Å²) in [5.41, 5.74) is 10.9. The molecule has 1 atom stereocenters. The molecule has 0 fully saturated rings. The largest absolute Gasteiger partial charge is 0.333 e. The first-order valence-electron chi connectivity index (χ1n) is 10.3. The molecule has 1 aliphatic carbocycles. The van der Waals surface area contributed by atoms with Crippen molar-refractivity contribution in [1.82, 2.24) is 15.7 Å². The zero-order chi connectivity index (χ0) is 21.2. The van der Waals surface area contributed by atoms with E-state index >= 15 is 0 Å². The molecule has 0 aliphatic heterocycles. The Labute approximate surface area is 179 Å². The van der Waals surface area contributed by atoms with E-state index in [-0.39, 0.29) is 17.6 Å². The van der Waals surface area contributed by atoms with E-state index < -0.39 is 0 Å². The molecule has 6 nitrogen and oxygen atoms in total. The number of aryl methyl sites for hydroxylation is 1. The molecule has 0 bridgehead atoms. The van der Waals surface area contributed by atoms with Crippen LogP contribution in [0.5, 0.6) is 0 Å². The topological polar surface area (TPSA) is 86.0 Å². The smallest absolute Gasteiger partial charge is 0.330 e. The number of fused-ring (bicyclic) bond motifs is 2. The van der Waals surface area contributed by atoms with Gasteiger partial charge in [-0.25, -0.2) is 4.79 Å². The number of anilines is 1. The molecule has 5 rings (SSSR count). The lowest BCUT2D eigenvalue weighted by Gasteiger charge is -2.17. The molecule has 2 amide bonds. The molecule has 0 saturated carbocycles. The Morgan fingerprint density at radius 3 is 2.68 bits per heavy atom. The third kappa shape index (κ3) is 3.88. The van der Waals surface area contributed by atoms with Gasteiger partial charge in [-0.1, -0.05) is 42.5 Å². The van der Waals surface area contributed by atoms with Crippen LogP contribution in [0.1, 0.15) is 23.6 Å². The van der Waals surface area contributed by atoms with Crippen molar-refractivity contribution in [2.24, 2.45) is 0 Å². The molecule has 1 heterocycles. The predicted molar refractivity (Wildman–Crippen MR) is 123 cm³/mol. The van der Waals surface area contributed by atoms with Crippen LogP contribution in [-0.2, 0) is 6.42 Å². The first-order chi connectivity index (χ1) is 15.2. The molecular weight excluding hydrogens is 388 g/mol. The number of urea groups is 1. The van der Waals surface area contributed by atoms with Gasteiger partial charge in [-0.15, -0.1) is 0 Å². The Morgan fingerprint density at radius 2 is 1.81 bits per heavy atom. The van der Waals surface area contributed by atoms with Crippen molar-refractivity contribution < 1.29 is 4.79 Å². The van der Waals surface area contributed by atoms with Gasteiger partial charge in [-0.05, 0) is 70.8 Å². The van der Waals surface area contributed by atoms with Crippen LogP contribution in [-0.4, -0.2) is 11.0 Å². The highest BCUT2D eigenvalue weighted by Crippen LogP contribution is 2.34. The number of aromatic nitrogens is 1. The number of rotatable bonds is 4. The number of hydrogen-bond donors (Lipinski definition) is 4. The van der Waals surface area contributed by atoms with Crippen molar-refractivity contribution >= 4 is 22.5 Å². The molecule has 0 spiro atoms. The minimum Gasteiger partial charge on any atom is -0.330 e. The first kappa shape index (κ1) is 18.9. The summed E-state index contributed by atoms with van der Waals surface area (Å²) in [6.07, 6.45) is 3.43. The number of hydrogen-bond acceptors (Lipinski definition) is 3. The monoisotopic (exact) mass is 410 g/mol. The van der Waals surface area contributed by atoms with E-state index in [4.69, 9.17) is 0 Å². The van der Waals surface area contributed by atoms with Crippen molar-refractivity contribution in [2.45, 2.75) is 18.9 Å². The van der Waals surface area contributed by atoms with Crippen molar-refractivity contribution in [2.75, 3.05) is 5.43 Å². The Bertz CT molecular complexity index is 1310. The van der Waals surface area contributed by atoms with E-state index in [0.717, 1.165) is 29.4 Å². The molecule has 31 heavy (non-hydrogen) atoms. The average molecular weight is 410 g/mol. The Morgan fingerprint density at radius 1 is 0.935 bits per heavy atom. The molecular formula is C25H22N4O2. The Hall–Kier alpha value is -4.06. The van der Waals surface area contributed by atoms with Crippen molar-refractivity contribution in [3.05, 3.63) is 100 Å². The van der Waals surface area contributed by atoms with Gasteiger partial charge in [0.1, 0.15) is 0 Å². The maximum atomic E-state index is 12.5. The highest BCUT2D eigenvalue weighted by molar-refractivity contribution is 5.85. The molecule has 0 radical (unpaired) electrons. The summed E-state index contributed by atoms with van der Waals surface area (Å²) >= 11 is 0. The van der Waals surface area contributed by atoms with Gasteiger partial charge in [0.05, 0.1) is 11.7 Å². The van der Waals surface area contributed by atoms with E-state index in [2.05, 4.69) is 51.5 Å². The zero-order valence-corrected chi connectivity index (χ0v) is 16.8. The van der Waals surface area contributed by atoms with Gasteiger partial charge in [0.25, 0.3) is 5.56 Å². The Kier molecular flexibility index (Phi) is 4.88. The number of nitrogens with one attached hydrogen (secondary N) is 4. The molecule has 6 heteroatoms. The number of carbonyl (C=O) groups is 1. The van der Waals surface area contributed by atoms with Gasteiger partial charge in [0.2, 0.25) is 0 Å². The van der Waals surface area contributed by atoms with Gasteiger partial charge in [-0.2, -0.15) is 0 Å². The van der Waals surface area contributed by atoms with Crippen LogP contribution in [0.3, 0.4) is 0 Å². The van der Waals surface area contributed by atoms with Crippen LogP contribution in [0.4, 0.5) is 10.5 Å². The number of hydrazine groups is 1. The van der Waals surface area contributed by atoms with Gasteiger partial charge in [0, 0.05) is 11.6 Å². The fraction of sp³-hybridized carbons (Fsp3) is 0.120. The molecule has 0 saturated heterocycles. The Balaban J connectivity index is 1.26. The van der Waals surface area contributed by atoms with Crippen LogP contribution in [0.2, 0.25) is 0 Å². The number of aromatic amines is 1. The maximum Gasteiger partial charge on any atom is 0.333 e. The third-order valence-corrected chi connectivity index (χ3v) is 5.73. The molecule has 154 valence electrons. The lowest BCUT2D eigenvalue weighted by molar-refractivity contribution is 0.239. The lowest BCUT2D eigenvalue weighted by atomic mass is 9.99. The summed E-state index contributed by atoms with van der Waals surface area (Å²) in [4.78, 5) is 27.0. The second-order valence-corrected chi connectivity index (χ2v) is 7.70. The van der Waals surface area contributed by atoms with E-state index in [1.165, 1.54) is 11.1 Å². The third-order valence-electron chi connectivity index (χ3n) is 5.73. The van der Waals surface area contributed by atoms with E-state index in [9.17, 15) is 9.59 Å². The summed E-state index contributed by atoms with van der Waals surface area (Å²) in [7, 11) is 0. The van der Waals surface area contributed by atoms with Crippen LogP contribution in [0.15, 0.2) is 83.8 Å². The van der Waals surface area contributed by atoms with E-state index in [1.807, 2.05) is 30.3 Å². The minimum absolute atomic E-state index is 0.0318. The van der Waals surface area contributed by atoms with E-state index in [0.29, 0.717) is 11.1 Å². The van der Waals surface area contributed by atoms with Gasteiger partial charge in [-0.3, -0.25) is 15.6 Å². The molecule has 1 aliphatic rings. The van der Waals surface area contributed by atoms with Crippen molar-refractivity contribution in [3.63, 3.8) is 0 Å².